The highest BCUT2D eigenvalue weighted by Gasteiger charge is 2.33. The van der Waals surface area contributed by atoms with Gasteiger partial charge in [-0.15, -0.1) is 12.4 Å². The van der Waals surface area contributed by atoms with E-state index in [1.807, 2.05) is 24.3 Å². The first-order valence-corrected chi connectivity index (χ1v) is 7.48. The fourth-order valence-electron chi connectivity index (χ4n) is 3.25. The van der Waals surface area contributed by atoms with Crippen molar-refractivity contribution in [2.75, 3.05) is 13.1 Å². The summed E-state index contributed by atoms with van der Waals surface area (Å²) in [7, 11) is 0. The number of halogens is 4. The van der Waals surface area contributed by atoms with Gasteiger partial charge in [0.2, 0.25) is 0 Å². The molecule has 1 aliphatic heterocycles. The van der Waals surface area contributed by atoms with E-state index in [-0.39, 0.29) is 24.2 Å². The summed E-state index contributed by atoms with van der Waals surface area (Å²) in [5, 5.41) is 3.36. The summed E-state index contributed by atoms with van der Waals surface area (Å²) >= 11 is 0. The lowest BCUT2D eigenvalue weighted by Crippen LogP contribution is -2.34. The molecule has 1 nitrogen and oxygen atoms in total. The minimum atomic E-state index is -4.29. The summed E-state index contributed by atoms with van der Waals surface area (Å²) in [6.45, 7) is 1.63. The van der Waals surface area contributed by atoms with E-state index in [9.17, 15) is 13.2 Å². The van der Waals surface area contributed by atoms with Crippen LogP contribution < -0.4 is 5.32 Å². The standard InChI is InChI=1S/C18H18F3N.ClH/c19-18(20,21)15-8-4-7-14(11-15)16-9-10-22-12-17(16)13-5-2-1-3-6-13;/h1-8,11,16-17,22H,9-10,12H2;1H. The van der Waals surface area contributed by atoms with Crippen molar-refractivity contribution >= 4 is 12.4 Å². The lowest BCUT2D eigenvalue weighted by molar-refractivity contribution is -0.137. The molecule has 2 aromatic rings. The molecular weight excluding hydrogens is 323 g/mol. The van der Waals surface area contributed by atoms with Crippen LogP contribution in [0.5, 0.6) is 0 Å². The van der Waals surface area contributed by atoms with Crippen molar-refractivity contribution in [2.45, 2.75) is 24.4 Å². The largest absolute Gasteiger partial charge is 0.416 e. The van der Waals surface area contributed by atoms with Crippen LogP contribution in [0, 0.1) is 0 Å². The van der Waals surface area contributed by atoms with Crippen molar-refractivity contribution in [1.29, 1.82) is 0 Å². The fraction of sp³-hybridized carbons (Fsp3) is 0.333. The van der Waals surface area contributed by atoms with Crippen LogP contribution in [0.1, 0.15) is 34.9 Å². The minimum absolute atomic E-state index is 0. The molecule has 0 aromatic heterocycles. The van der Waals surface area contributed by atoms with E-state index >= 15 is 0 Å². The molecule has 2 aromatic carbocycles. The number of hydrogen-bond donors (Lipinski definition) is 1. The Balaban J connectivity index is 0.00000192. The van der Waals surface area contributed by atoms with E-state index in [0.29, 0.717) is 0 Å². The van der Waals surface area contributed by atoms with Crippen LogP contribution in [0.4, 0.5) is 13.2 Å². The second kappa shape index (κ2) is 7.37. The zero-order valence-corrected chi connectivity index (χ0v) is 13.3. The highest BCUT2D eigenvalue weighted by Crippen LogP contribution is 2.39. The first kappa shape index (κ1) is 17.8. The maximum absolute atomic E-state index is 12.9. The molecule has 2 atom stereocenters. The Morgan fingerprint density at radius 3 is 2.26 bits per heavy atom. The SMILES string of the molecule is Cl.FC(F)(F)c1cccc(C2CCNCC2c2ccccc2)c1. The Morgan fingerprint density at radius 1 is 0.870 bits per heavy atom. The molecule has 124 valence electrons. The molecule has 1 aliphatic rings. The van der Waals surface area contributed by atoms with E-state index in [1.54, 1.807) is 0 Å². The molecule has 2 unspecified atom stereocenters. The van der Waals surface area contributed by atoms with Crippen LogP contribution in [0.25, 0.3) is 0 Å². The number of alkyl halides is 3. The van der Waals surface area contributed by atoms with Gasteiger partial charge in [0.15, 0.2) is 0 Å². The van der Waals surface area contributed by atoms with Gasteiger partial charge in [-0.3, -0.25) is 0 Å². The minimum Gasteiger partial charge on any atom is -0.316 e. The summed E-state index contributed by atoms with van der Waals surface area (Å²) in [6, 6.07) is 15.8. The smallest absolute Gasteiger partial charge is 0.316 e. The molecule has 0 saturated carbocycles. The molecule has 1 fully saturated rings. The van der Waals surface area contributed by atoms with Crippen LogP contribution in [-0.2, 0) is 6.18 Å². The summed E-state index contributed by atoms with van der Waals surface area (Å²) in [6.07, 6.45) is -3.44. The van der Waals surface area contributed by atoms with Crippen molar-refractivity contribution in [3.8, 4) is 0 Å². The molecule has 0 amide bonds. The van der Waals surface area contributed by atoms with Gasteiger partial charge in [-0.2, -0.15) is 13.2 Å². The normalized spacial score (nSPS) is 21.5. The summed E-state index contributed by atoms with van der Waals surface area (Å²) in [5.41, 5.74) is 1.40. The second-order valence-electron chi connectivity index (χ2n) is 5.74. The number of rotatable bonds is 2. The number of nitrogens with one attached hydrogen (secondary N) is 1. The Kier molecular flexibility index (Phi) is 5.71. The third-order valence-corrected chi connectivity index (χ3v) is 4.35. The molecular formula is C18H19ClF3N. The van der Waals surface area contributed by atoms with Crippen molar-refractivity contribution in [1.82, 2.24) is 5.32 Å². The van der Waals surface area contributed by atoms with Crippen molar-refractivity contribution in [3.63, 3.8) is 0 Å². The van der Waals surface area contributed by atoms with Gasteiger partial charge >= 0.3 is 6.18 Å². The van der Waals surface area contributed by atoms with Crippen molar-refractivity contribution in [3.05, 3.63) is 71.3 Å². The van der Waals surface area contributed by atoms with Gasteiger partial charge in [0.1, 0.15) is 0 Å². The molecule has 1 N–H and O–H groups in total. The van der Waals surface area contributed by atoms with Gasteiger partial charge in [-0.1, -0.05) is 48.5 Å². The monoisotopic (exact) mass is 341 g/mol. The van der Waals surface area contributed by atoms with Gasteiger partial charge in [-0.25, -0.2) is 0 Å². The fourth-order valence-corrected chi connectivity index (χ4v) is 3.25. The first-order valence-electron chi connectivity index (χ1n) is 7.48. The Labute approximate surface area is 140 Å². The Hall–Kier alpha value is -1.52. The summed E-state index contributed by atoms with van der Waals surface area (Å²) < 4.78 is 38.8. The van der Waals surface area contributed by atoms with Crippen molar-refractivity contribution in [2.24, 2.45) is 0 Å². The molecule has 1 saturated heterocycles. The zero-order valence-electron chi connectivity index (χ0n) is 12.5. The van der Waals surface area contributed by atoms with E-state index in [0.717, 1.165) is 31.1 Å². The van der Waals surface area contributed by atoms with E-state index in [4.69, 9.17) is 0 Å². The molecule has 0 spiro atoms. The Bertz CT molecular complexity index is 628. The van der Waals surface area contributed by atoms with Crippen molar-refractivity contribution < 1.29 is 13.2 Å². The van der Waals surface area contributed by atoms with Gasteiger partial charge in [0, 0.05) is 12.5 Å². The predicted octanol–water partition coefficient (Wildman–Crippen LogP) is 4.99. The number of piperidine rings is 1. The van der Waals surface area contributed by atoms with Crippen LogP contribution in [0.15, 0.2) is 54.6 Å². The second-order valence-corrected chi connectivity index (χ2v) is 5.74. The Morgan fingerprint density at radius 2 is 1.57 bits per heavy atom. The van der Waals surface area contributed by atoms with Gasteiger partial charge in [-0.05, 0) is 36.1 Å². The van der Waals surface area contributed by atoms with Crippen LogP contribution in [0.3, 0.4) is 0 Å². The molecule has 1 heterocycles. The average molecular weight is 342 g/mol. The topological polar surface area (TPSA) is 12.0 Å². The molecule has 0 radical (unpaired) electrons. The highest BCUT2D eigenvalue weighted by atomic mass is 35.5. The summed E-state index contributed by atoms with van der Waals surface area (Å²) in [5.74, 6) is 0.324. The van der Waals surface area contributed by atoms with Crippen LogP contribution >= 0.6 is 12.4 Å². The molecule has 5 heteroatoms. The maximum atomic E-state index is 12.9. The quantitative estimate of drug-likeness (QED) is 0.811. The first-order chi connectivity index (χ1) is 10.6. The molecule has 0 aliphatic carbocycles. The third-order valence-electron chi connectivity index (χ3n) is 4.35. The molecule has 23 heavy (non-hydrogen) atoms. The predicted molar refractivity (Wildman–Crippen MR) is 88.1 cm³/mol. The highest BCUT2D eigenvalue weighted by molar-refractivity contribution is 5.85. The zero-order chi connectivity index (χ0) is 15.6. The third kappa shape index (κ3) is 4.06. The van der Waals surface area contributed by atoms with Crippen LogP contribution in [0.2, 0.25) is 0 Å². The average Bonchev–Trinajstić information content (AvgIpc) is 2.55. The maximum Gasteiger partial charge on any atom is 0.416 e. The number of hydrogen-bond acceptors (Lipinski definition) is 1. The van der Waals surface area contributed by atoms with E-state index in [2.05, 4.69) is 17.4 Å². The van der Waals surface area contributed by atoms with Gasteiger partial charge in [0.05, 0.1) is 5.56 Å². The van der Waals surface area contributed by atoms with Gasteiger partial charge < -0.3 is 5.32 Å². The van der Waals surface area contributed by atoms with Gasteiger partial charge in [0.25, 0.3) is 0 Å². The number of benzene rings is 2. The lowest BCUT2D eigenvalue weighted by atomic mass is 9.77. The molecule has 0 bridgehead atoms. The lowest BCUT2D eigenvalue weighted by Gasteiger charge is -2.33. The summed E-state index contributed by atoms with van der Waals surface area (Å²) in [4.78, 5) is 0. The van der Waals surface area contributed by atoms with Crippen LogP contribution in [-0.4, -0.2) is 13.1 Å². The van der Waals surface area contributed by atoms with E-state index in [1.165, 1.54) is 17.7 Å². The molecule has 3 rings (SSSR count). The van der Waals surface area contributed by atoms with E-state index < -0.39 is 11.7 Å².